The van der Waals surface area contributed by atoms with E-state index in [2.05, 4.69) is 20.4 Å². The molecule has 1 aliphatic rings. The fraction of sp³-hybridized carbons (Fsp3) is 0.440. The lowest BCUT2D eigenvalue weighted by Gasteiger charge is -2.21. The molecule has 1 aromatic carbocycles. The van der Waals surface area contributed by atoms with E-state index in [9.17, 15) is 4.79 Å². The Morgan fingerprint density at radius 1 is 1.09 bits per heavy atom. The molecule has 0 radical (unpaired) electrons. The molecule has 32 heavy (non-hydrogen) atoms. The molecule has 3 aromatic rings. The number of carbonyl (C=O) groups excluding carboxylic acids is 1. The molecule has 0 spiro atoms. The van der Waals surface area contributed by atoms with Gasteiger partial charge in [-0.2, -0.15) is 5.10 Å². The van der Waals surface area contributed by atoms with Gasteiger partial charge in [0.1, 0.15) is 12.1 Å². The van der Waals surface area contributed by atoms with E-state index in [-0.39, 0.29) is 5.91 Å². The maximum Gasteiger partial charge on any atom is 0.224 e. The quantitative estimate of drug-likeness (QED) is 0.518. The monoisotopic (exact) mass is 433 g/mol. The lowest BCUT2D eigenvalue weighted by molar-refractivity contribution is -0.116. The summed E-state index contributed by atoms with van der Waals surface area (Å²) in [4.78, 5) is 20.8. The van der Waals surface area contributed by atoms with Crippen molar-refractivity contribution in [2.45, 2.75) is 65.7 Å². The van der Waals surface area contributed by atoms with Crippen LogP contribution in [0.25, 0.3) is 5.82 Å². The number of carbonyl (C=O) groups is 1. The zero-order valence-electron chi connectivity index (χ0n) is 19.1. The van der Waals surface area contributed by atoms with Crippen LogP contribution in [0, 0.1) is 26.7 Å². The number of rotatable bonds is 7. The Labute approximate surface area is 189 Å². The van der Waals surface area contributed by atoms with Crippen molar-refractivity contribution in [1.82, 2.24) is 19.7 Å². The Kier molecular flexibility index (Phi) is 6.83. The van der Waals surface area contributed by atoms with Gasteiger partial charge in [-0.15, -0.1) is 0 Å². The molecule has 4 rings (SSSR count). The van der Waals surface area contributed by atoms with Gasteiger partial charge in [-0.3, -0.25) is 4.79 Å². The number of nitrogens with zero attached hydrogens (tertiary/aromatic N) is 4. The number of amides is 1. The minimum absolute atomic E-state index is 0.0739. The molecule has 1 aliphatic carbocycles. The highest BCUT2D eigenvalue weighted by Gasteiger charge is 2.15. The Hall–Kier alpha value is -3.22. The Morgan fingerprint density at radius 2 is 1.84 bits per heavy atom. The summed E-state index contributed by atoms with van der Waals surface area (Å²) in [6.45, 7) is 6.04. The molecule has 0 unspecified atom stereocenters. The van der Waals surface area contributed by atoms with Crippen molar-refractivity contribution >= 4 is 11.6 Å². The zero-order chi connectivity index (χ0) is 22.5. The van der Waals surface area contributed by atoms with Crippen molar-refractivity contribution in [2.24, 2.45) is 5.92 Å². The smallest absolute Gasteiger partial charge is 0.224 e. The van der Waals surface area contributed by atoms with Gasteiger partial charge in [0.15, 0.2) is 5.82 Å². The van der Waals surface area contributed by atoms with Gasteiger partial charge < -0.3 is 10.1 Å². The number of ether oxygens (including phenoxy) is 1. The summed E-state index contributed by atoms with van der Waals surface area (Å²) in [5.41, 5.74) is 3.92. The first-order valence-corrected chi connectivity index (χ1v) is 11.4. The van der Waals surface area contributed by atoms with Gasteiger partial charge in [-0.05, 0) is 62.9 Å². The van der Waals surface area contributed by atoms with E-state index in [1.165, 1.54) is 38.4 Å². The second kappa shape index (κ2) is 9.94. The summed E-state index contributed by atoms with van der Waals surface area (Å²) in [5.74, 6) is 2.51. The first-order valence-electron chi connectivity index (χ1n) is 11.4. The third kappa shape index (κ3) is 5.33. The molecule has 1 amide bonds. The van der Waals surface area contributed by atoms with Gasteiger partial charge in [0, 0.05) is 23.9 Å². The molecule has 0 bridgehead atoms. The van der Waals surface area contributed by atoms with Gasteiger partial charge in [0.05, 0.1) is 5.69 Å². The number of aryl methyl sites for hydroxylation is 1. The third-order valence-electron chi connectivity index (χ3n) is 6.36. The predicted octanol–water partition coefficient (Wildman–Crippen LogP) is 5.68. The summed E-state index contributed by atoms with van der Waals surface area (Å²) >= 11 is 0. The van der Waals surface area contributed by atoms with E-state index < -0.39 is 0 Å². The van der Waals surface area contributed by atoms with Crippen LogP contribution in [0.1, 0.15) is 61.9 Å². The maximum atomic E-state index is 12.3. The van der Waals surface area contributed by atoms with Crippen LogP contribution >= 0.6 is 0 Å². The Balaban J connectivity index is 1.34. The van der Waals surface area contributed by atoms with E-state index in [4.69, 9.17) is 4.74 Å². The normalized spacial score (nSPS) is 14.3. The molecule has 7 heteroatoms. The minimum Gasteiger partial charge on any atom is -0.439 e. The van der Waals surface area contributed by atoms with Crippen molar-refractivity contribution in [2.75, 3.05) is 5.32 Å². The van der Waals surface area contributed by atoms with Crippen molar-refractivity contribution in [3.8, 4) is 17.4 Å². The third-order valence-corrected chi connectivity index (χ3v) is 6.36. The van der Waals surface area contributed by atoms with Crippen LogP contribution in [-0.4, -0.2) is 25.7 Å². The Morgan fingerprint density at radius 3 is 2.53 bits per heavy atom. The molecule has 168 valence electrons. The first kappa shape index (κ1) is 22.0. The van der Waals surface area contributed by atoms with Crippen LogP contribution in [0.5, 0.6) is 11.6 Å². The molecule has 1 saturated carbocycles. The first-order chi connectivity index (χ1) is 15.5. The summed E-state index contributed by atoms with van der Waals surface area (Å²) in [7, 11) is 0. The summed E-state index contributed by atoms with van der Waals surface area (Å²) in [5, 5.41) is 7.53. The lowest BCUT2D eigenvalue weighted by atomic mass is 9.86. The molecule has 1 fully saturated rings. The van der Waals surface area contributed by atoms with Gasteiger partial charge in [0.2, 0.25) is 11.8 Å². The molecule has 1 N–H and O–H groups in total. The maximum absolute atomic E-state index is 12.3. The molecule has 2 aromatic heterocycles. The second-order valence-corrected chi connectivity index (χ2v) is 8.64. The number of hydrogen-bond donors (Lipinski definition) is 1. The summed E-state index contributed by atoms with van der Waals surface area (Å²) in [6.07, 6.45) is 9.53. The largest absolute Gasteiger partial charge is 0.439 e. The molecule has 0 atom stereocenters. The molecule has 2 heterocycles. The van der Waals surface area contributed by atoms with E-state index in [0.29, 0.717) is 29.8 Å². The average molecular weight is 434 g/mol. The average Bonchev–Trinajstić information content (AvgIpc) is 3.07. The van der Waals surface area contributed by atoms with Crippen molar-refractivity contribution in [1.29, 1.82) is 0 Å². The number of hydrogen-bond acceptors (Lipinski definition) is 5. The van der Waals surface area contributed by atoms with Crippen LogP contribution in [0.15, 0.2) is 36.7 Å². The fourth-order valence-electron chi connectivity index (χ4n) is 4.21. The van der Waals surface area contributed by atoms with Crippen LogP contribution in [0.3, 0.4) is 0 Å². The molecule has 0 saturated heterocycles. The van der Waals surface area contributed by atoms with Crippen LogP contribution in [-0.2, 0) is 4.79 Å². The van der Waals surface area contributed by atoms with Crippen LogP contribution in [0.2, 0.25) is 0 Å². The lowest BCUT2D eigenvalue weighted by Crippen LogP contribution is -2.14. The molecular formula is C25H31N5O2. The van der Waals surface area contributed by atoms with Gasteiger partial charge in [-0.25, -0.2) is 14.6 Å². The molecule has 0 aliphatic heterocycles. The Bertz CT molecular complexity index is 1070. The van der Waals surface area contributed by atoms with E-state index >= 15 is 0 Å². The number of benzene rings is 1. The minimum atomic E-state index is 0.0739. The summed E-state index contributed by atoms with van der Waals surface area (Å²) < 4.78 is 7.70. The standard InChI is InChI=1S/C25H31N5O2/c1-17-18(2)29-30(19(17)3)23-15-25(27-16-26-23)32-22-12-10-21(11-13-22)28-24(31)14-9-20-7-5-4-6-8-20/h10-13,15-16,20H,4-9,14H2,1-3H3,(H,28,31). The second-order valence-electron chi connectivity index (χ2n) is 8.64. The highest BCUT2D eigenvalue weighted by atomic mass is 16.5. The fourth-order valence-corrected chi connectivity index (χ4v) is 4.21. The molecule has 7 nitrogen and oxygen atoms in total. The number of anilines is 1. The van der Waals surface area contributed by atoms with E-state index in [1.807, 2.05) is 45.0 Å². The van der Waals surface area contributed by atoms with Gasteiger partial charge in [0.25, 0.3) is 0 Å². The van der Waals surface area contributed by atoms with E-state index in [0.717, 1.165) is 29.1 Å². The van der Waals surface area contributed by atoms with Crippen LogP contribution < -0.4 is 10.1 Å². The van der Waals surface area contributed by atoms with Gasteiger partial charge >= 0.3 is 0 Å². The molecular weight excluding hydrogens is 402 g/mol. The van der Waals surface area contributed by atoms with Crippen molar-refractivity contribution in [3.05, 3.63) is 53.6 Å². The van der Waals surface area contributed by atoms with Crippen LogP contribution in [0.4, 0.5) is 5.69 Å². The van der Waals surface area contributed by atoms with Gasteiger partial charge in [-0.1, -0.05) is 32.1 Å². The topological polar surface area (TPSA) is 81.9 Å². The van der Waals surface area contributed by atoms with E-state index in [1.54, 1.807) is 10.7 Å². The van der Waals surface area contributed by atoms with Crippen molar-refractivity contribution in [3.63, 3.8) is 0 Å². The SMILES string of the molecule is Cc1nn(-c2cc(Oc3ccc(NC(=O)CCC4CCCCC4)cc3)ncn2)c(C)c1C. The predicted molar refractivity (Wildman–Crippen MR) is 124 cm³/mol. The number of aromatic nitrogens is 4. The highest BCUT2D eigenvalue weighted by molar-refractivity contribution is 5.90. The van der Waals surface area contributed by atoms with Crippen molar-refractivity contribution < 1.29 is 9.53 Å². The zero-order valence-corrected chi connectivity index (χ0v) is 19.1. The number of nitrogens with one attached hydrogen (secondary N) is 1. The highest BCUT2D eigenvalue weighted by Crippen LogP contribution is 2.28. The summed E-state index contributed by atoms with van der Waals surface area (Å²) in [6, 6.07) is 9.11.